The molecule has 3 aliphatic heterocycles. The van der Waals surface area contributed by atoms with Crippen molar-refractivity contribution in [3.8, 4) is 0 Å². The largest absolute Gasteiger partial charge is 0.334 e. The molecule has 1 N–H and O–H groups in total. The van der Waals surface area contributed by atoms with Gasteiger partial charge >= 0.3 is 0 Å². The molecule has 0 saturated carbocycles. The van der Waals surface area contributed by atoms with Gasteiger partial charge in [-0.05, 0) is 37.3 Å². The van der Waals surface area contributed by atoms with Gasteiger partial charge in [-0.3, -0.25) is 4.79 Å². The van der Waals surface area contributed by atoms with Gasteiger partial charge in [0.15, 0.2) is 0 Å². The van der Waals surface area contributed by atoms with Crippen LogP contribution in [0.5, 0.6) is 0 Å². The van der Waals surface area contributed by atoms with Crippen LogP contribution in [0.4, 0.5) is 0 Å². The molecule has 1 amide bonds. The summed E-state index contributed by atoms with van der Waals surface area (Å²) in [6, 6.07) is 9.27. The van der Waals surface area contributed by atoms with Crippen LogP contribution >= 0.6 is 11.8 Å². The van der Waals surface area contributed by atoms with Crippen LogP contribution in [0.25, 0.3) is 0 Å². The Morgan fingerprint density at radius 2 is 2.20 bits per heavy atom. The quantitative estimate of drug-likeness (QED) is 0.857. The summed E-state index contributed by atoms with van der Waals surface area (Å²) >= 11 is 1.76. The highest BCUT2D eigenvalue weighted by Crippen LogP contribution is 2.40. The normalized spacial score (nSPS) is 35.1. The number of carbonyl (C=O) groups excluding carboxylic acids is 1. The molecule has 4 heteroatoms. The summed E-state index contributed by atoms with van der Waals surface area (Å²) in [7, 11) is 0. The van der Waals surface area contributed by atoms with Crippen LogP contribution in [0.3, 0.4) is 0 Å². The number of nitrogens with one attached hydrogen (secondary N) is 1. The molecule has 0 radical (unpaired) electrons. The Balaban J connectivity index is 1.54. The molecule has 0 bridgehead atoms. The first-order valence-electron chi connectivity index (χ1n) is 7.51. The molecule has 4 atom stereocenters. The summed E-state index contributed by atoms with van der Waals surface area (Å²) in [6.07, 6.45) is 2.06. The highest BCUT2D eigenvalue weighted by atomic mass is 32.2. The predicted octanol–water partition coefficient (Wildman–Crippen LogP) is 1.91. The van der Waals surface area contributed by atoms with Crippen molar-refractivity contribution in [1.82, 2.24) is 10.2 Å². The Labute approximate surface area is 124 Å². The minimum atomic E-state index is 0.0919. The van der Waals surface area contributed by atoms with E-state index in [1.807, 2.05) is 0 Å². The number of nitrogens with zero attached hydrogens (tertiary/aromatic N) is 1. The summed E-state index contributed by atoms with van der Waals surface area (Å²) < 4.78 is 0. The number of rotatable bonds is 1. The predicted molar refractivity (Wildman–Crippen MR) is 80.9 cm³/mol. The average molecular weight is 288 g/mol. The van der Waals surface area contributed by atoms with E-state index >= 15 is 0 Å². The lowest BCUT2D eigenvalue weighted by molar-refractivity contribution is -0.133. The molecular formula is C16H20N2OS. The number of thioether (sulfide) groups is 1. The summed E-state index contributed by atoms with van der Waals surface area (Å²) in [6.45, 7) is 4.27. The topological polar surface area (TPSA) is 32.3 Å². The van der Waals surface area contributed by atoms with E-state index < -0.39 is 0 Å². The molecule has 0 aliphatic carbocycles. The monoisotopic (exact) mass is 288 g/mol. The van der Waals surface area contributed by atoms with Gasteiger partial charge in [0, 0.05) is 30.1 Å². The van der Waals surface area contributed by atoms with Crippen molar-refractivity contribution < 1.29 is 4.79 Å². The van der Waals surface area contributed by atoms with Crippen LogP contribution in [0.2, 0.25) is 0 Å². The molecule has 20 heavy (non-hydrogen) atoms. The second-order valence-electron chi connectivity index (χ2n) is 6.23. The average Bonchev–Trinajstić information content (AvgIpc) is 3.10. The zero-order valence-electron chi connectivity index (χ0n) is 11.7. The molecule has 3 nitrogen and oxygen atoms in total. The zero-order valence-corrected chi connectivity index (χ0v) is 12.5. The first-order valence-corrected chi connectivity index (χ1v) is 8.39. The fourth-order valence-electron chi connectivity index (χ4n) is 4.03. The maximum absolute atomic E-state index is 12.9. The van der Waals surface area contributed by atoms with Crippen LogP contribution in [-0.4, -0.2) is 41.2 Å². The molecule has 0 aromatic heterocycles. The number of hydrogen-bond acceptors (Lipinski definition) is 3. The smallest absolute Gasteiger partial charge is 0.236 e. The minimum Gasteiger partial charge on any atom is -0.334 e. The molecule has 106 valence electrons. The summed E-state index contributed by atoms with van der Waals surface area (Å²) in [4.78, 5) is 16.4. The Morgan fingerprint density at radius 3 is 3.05 bits per heavy atom. The summed E-state index contributed by atoms with van der Waals surface area (Å²) in [5.41, 5.74) is 1.34. The lowest BCUT2D eigenvalue weighted by atomic mass is 10.0. The molecule has 4 unspecified atom stereocenters. The van der Waals surface area contributed by atoms with Crippen molar-refractivity contribution in [2.45, 2.75) is 42.0 Å². The van der Waals surface area contributed by atoms with E-state index in [0.29, 0.717) is 23.9 Å². The second kappa shape index (κ2) is 4.78. The molecule has 3 aliphatic rings. The zero-order chi connectivity index (χ0) is 13.7. The SMILES string of the molecule is CC1CC2CNCC2N1C(=O)C1Cc2ccccc2S1. The molecule has 2 saturated heterocycles. The van der Waals surface area contributed by atoms with E-state index in [9.17, 15) is 4.79 Å². The highest BCUT2D eigenvalue weighted by molar-refractivity contribution is 8.01. The standard InChI is InChI=1S/C16H20N2OS/c1-10-6-12-8-17-9-13(12)18(10)16(19)15-7-11-4-2-3-5-14(11)20-15/h2-5,10,12-13,15,17H,6-9H2,1H3. The molecule has 1 aromatic rings. The molecular weight excluding hydrogens is 268 g/mol. The lowest BCUT2D eigenvalue weighted by Crippen LogP contribution is -2.46. The number of likely N-dealkylation sites (tertiary alicyclic amines) is 1. The number of carbonyl (C=O) groups is 1. The van der Waals surface area contributed by atoms with Crippen molar-refractivity contribution in [3.05, 3.63) is 29.8 Å². The van der Waals surface area contributed by atoms with Crippen LogP contribution in [0.1, 0.15) is 18.9 Å². The van der Waals surface area contributed by atoms with Crippen molar-refractivity contribution in [2.24, 2.45) is 5.92 Å². The third-order valence-corrected chi connectivity index (χ3v) is 6.26. The minimum absolute atomic E-state index is 0.0919. The van der Waals surface area contributed by atoms with Crippen molar-refractivity contribution in [3.63, 3.8) is 0 Å². The van der Waals surface area contributed by atoms with Crippen molar-refractivity contribution in [2.75, 3.05) is 13.1 Å². The van der Waals surface area contributed by atoms with Crippen LogP contribution in [-0.2, 0) is 11.2 Å². The Kier molecular flexibility index (Phi) is 3.04. The molecule has 2 fully saturated rings. The number of fused-ring (bicyclic) bond motifs is 2. The van der Waals surface area contributed by atoms with Gasteiger partial charge < -0.3 is 10.2 Å². The van der Waals surface area contributed by atoms with Crippen molar-refractivity contribution >= 4 is 17.7 Å². The van der Waals surface area contributed by atoms with Gasteiger partial charge in [-0.25, -0.2) is 0 Å². The Bertz CT molecular complexity index is 522. The number of amides is 1. The van der Waals surface area contributed by atoms with Gasteiger partial charge in [0.25, 0.3) is 0 Å². The van der Waals surface area contributed by atoms with E-state index in [2.05, 4.69) is 41.4 Å². The Morgan fingerprint density at radius 1 is 1.35 bits per heavy atom. The first kappa shape index (κ1) is 12.7. The maximum atomic E-state index is 12.9. The van der Waals surface area contributed by atoms with Crippen molar-refractivity contribution in [1.29, 1.82) is 0 Å². The molecule has 1 aromatic carbocycles. The maximum Gasteiger partial charge on any atom is 0.236 e. The van der Waals surface area contributed by atoms with Gasteiger partial charge in [0.2, 0.25) is 5.91 Å². The second-order valence-corrected chi connectivity index (χ2v) is 7.48. The third-order valence-electron chi connectivity index (χ3n) is 4.96. The van der Waals surface area contributed by atoms with E-state index in [4.69, 9.17) is 0 Å². The highest BCUT2D eigenvalue weighted by Gasteiger charge is 2.46. The summed E-state index contributed by atoms with van der Waals surface area (Å²) in [5.74, 6) is 1.03. The van der Waals surface area contributed by atoms with E-state index in [-0.39, 0.29) is 5.25 Å². The fraction of sp³-hybridized carbons (Fsp3) is 0.562. The molecule has 4 rings (SSSR count). The van der Waals surface area contributed by atoms with Gasteiger partial charge in [-0.2, -0.15) is 0 Å². The van der Waals surface area contributed by atoms with Crippen LogP contribution < -0.4 is 5.32 Å². The first-order chi connectivity index (χ1) is 9.74. The number of hydrogen-bond donors (Lipinski definition) is 1. The lowest BCUT2D eigenvalue weighted by Gasteiger charge is -2.29. The van der Waals surface area contributed by atoms with Crippen LogP contribution in [0.15, 0.2) is 29.2 Å². The van der Waals surface area contributed by atoms with E-state index in [1.165, 1.54) is 10.5 Å². The Hall–Kier alpha value is -1.00. The van der Waals surface area contributed by atoms with Gasteiger partial charge in [-0.1, -0.05) is 18.2 Å². The van der Waals surface area contributed by atoms with Gasteiger partial charge in [-0.15, -0.1) is 11.8 Å². The molecule has 3 heterocycles. The van der Waals surface area contributed by atoms with Gasteiger partial charge in [0.05, 0.1) is 5.25 Å². The van der Waals surface area contributed by atoms with Gasteiger partial charge in [0.1, 0.15) is 0 Å². The third kappa shape index (κ3) is 1.89. The summed E-state index contributed by atoms with van der Waals surface area (Å²) in [5, 5.41) is 3.53. The fourth-order valence-corrected chi connectivity index (χ4v) is 5.28. The molecule has 0 spiro atoms. The van der Waals surface area contributed by atoms with Crippen LogP contribution in [0, 0.1) is 5.92 Å². The number of benzene rings is 1. The van der Waals surface area contributed by atoms with E-state index in [1.54, 1.807) is 11.8 Å². The van der Waals surface area contributed by atoms with E-state index in [0.717, 1.165) is 25.9 Å².